The van der Waals surface area contributed by atoms with Gasteiger partial charge < -0.3 is 4.90 Å². The standard InChI is InChI=1S/C15H21N3O2S/c1-2-18-10-8-14(12-18)11-17-21(19,20)15-5-3-13(4-6-15)7-9-16/h3-6,14,17H,2,7-8,10-12H2,1H3. The number of nitriles is 1. The van der Waals surface area contributed by atoms with Gasteiger partial charge in [-0.3, -0.25) is 0 Å². The highest BCUT2D eigenvalue weighted by molar-refractivity contribution is 7.89. The maximum absolute atomic E-state index is 12.2. The van der Waals surface area contributed by atoms with Gasteiger partial charge >= 0.3 is 0 Å². The summed E-state index contributed by atoms with van der Waals surface area (Å²) in [5.74, 6) is 0.387. The second-order valence-electron chi connectivity index (χ2n) is 5.38. The molecule has 2 rings (SSSR count). The van der Waals surface area contributed by atoms with E-state index in [4.69, 9.17) is 5.26 Å². The molecule has 1 aromatic carbocycles. The average Bonchev–Trinajstić information content (AvgIpc) is 2.94. The van der Waals surface area contributed by atoms with Gasteiger partial charge in [-0.15, -0.1) is 0 Å². The molecule has 6 heteroatoms. The molecule has 0 aliphatic carbocycles. The highest BCUT2D eigenvalue weighted by atomic mass is 32.2. The van der Waals surface area contributed by atoms with Crippen molar-refractivity contribution in [2.24, 2.45) is 5.92 Å². The molecule has 1 aliphatic heterocycles. The summed E-state index contributed by atoms with van der Waals surface area (Å²) in [6.07, 6.45) is 1.33. The van der Waals surface area contributed by atoms with Gasteiger partial charge in [0.1, 0.15) is 0 Å². The topological polar surface area (TPSA) is 73.2 Å². The molecule has 1 N–H and O–H groups in total. The SMILES string of the molecule is CCN1CCC(CNS(=O)(=O)c2ccc(CC#N)cc2)C1. The minimum atomic E-state index is -3.46. The van der Waals surface area contributed by atoms with Gasteiger partial charge in [-0.1, -0.05) is 19.1 Å². The largest absolute Gasteiger partial charge is 0.303 e. The summed E-state index contributed by atoms with van der Waals surface area (Å²) in [5.41, 5.74) is 0.825. The molecular formula is C15H21N3O2S. The molecule has 1 unspecified atom stereocenters. The van der Waals surface area contributed by atoms with Gasteiger partial charge in [0.15, 0.2) is 0 Å². The third kappa shape index (κ3) is 4.27. The molecule has 0 amide bonds. The van der Waals surface area contributed by atoms with Crippen LogP contribution in [-0.4, -0.2) is 39.5 Å². The van der Waals surface area contributed by atoms with E-state index in [1.54, 1.807) is 24.3 Å². The van der Waals surface area contributed by atoms with Crippen LogP contribution in [-0.2, 0) is 16.4 Å². The van der Waals surface area contributed by atoms with Crippen LogP contribution < -0.4 is 4.72 Å². The summed E-state index contributed by atoms with van der Waals surface area (Å²) in [4.78, 5) is 2.59. The van der Waals surface area contributed by atoms with E-state index in [0.717, 1.165) is 31.6 Å². The molecule has 0 spiro atoms. The summed E-state index contributed by atoms with van der Waals surface area (Å²) in [6.45, 7) is 5.63. The van der Waals surface area contributed by atoms with Crippen LogP contribution in [0.15, 0.2) is 29.2 Å². The zero-order chi connectivity index (χ0) is 15.3. The van der Waals surface area contributed by atoms with Crippen molar-refractivity contribution < 1.29 is 8.42 Å². The van der Waals surface area contributed by atoms with Crippen LogP contribution in [0.1, 0.15) is 18.9 Å². The van der Waals surface area contributed by atoms with Crippen molar-refractivity contribution in [1.82, 2.24) is 9.62 Å². The Morgan fingerprint density at radius 2 is 2.10 bits per heavy atom. The molecule has 0 saturated carbocycles. The fraction of sp³-hybridized carbons (Fsp3) is 0.533. The van der Waals surface area contributed by atoms with Crippen LogP contribution in [0.5, 0.6) is 0 Å². The number of sulfonamides is 1. The third-order valence-electron chi connectivity index (χ3n) is 3.90. The van der Waals surface area contributed by atoms with E-state index in [-0.39, 0.29) is 4.90 Å². The van der Waals surface area contributed by atoms with Crippen LogP contribution in [0.2, 0.25) is 0 Å². The molecule has 1 atom stereocenters. The number of likely N-dealkylation sites (tertiary alicyclic amines) is 1. The van der Waals surface area contributed by atoms with E-state index >= 15 is 0 Å². The number of hydrogen-bond acceptors (Lipinski definition) is 4. The van der Waals surface area contributed by atoms with Gasteiger partial charge in [0.25, 0.3) is 0 Å². The summed E-state index contributed by atoms with van der Waals surface area (Å²) < 4.78 is 27.1. The van der Waals surface area contributed by atoms with Crippen molar-refractivity contribution in [3.05, 3.63) is 29.8 Å². The fourth-order valence-corrected chi connectivity index (χ4v) is 3.67. The van der Waals surface area contributed by atoms with Crippen LogP contribution >= 0.6 is 0 Å². The van der Waals surface area contributed by atoms with Gasteiger partial charge in [0, 0.05) is 13.1 Å². The lowest BCUT2D eigenvalue weighted by molar-refractivity contribution is 0.342. The minimum Gasteiger partial charge on any atom is -0.303 e. The quantitative estimate of drug-likeness (QED) is 0.861. The van der Waals surface area contributed by atoms with E-state index in [9.17, 15) is 8.42 Å². The van der Waals surface area contributed by atoms with E-state index in [2.05, 4.69) is 16.5 Å². The summed E-state index contributed by atoms with van der Waals surface area (Å²) in [5, 5.41) is 8.61. The Labute approximate surface area is 126 Å². The van der Waals surface area contributed by atoms with Crippen LogP contribution in [0.3, 0.4) is 0 Å². The van der Waals surface area contributed by atoms with Crippen molar-refractivity contribution in [2.75, 3.05) is 26.2 Å². The highest BCUT2D eigenvalue weighted by Gasteiger charge is 2.23. The van der Waals surface area contributed by atoms with Gasteiger partial charge in [-0.2, -0.15) is 5.26 Å². The van der Waals surface area contributed by atoms with E-state index in [1.807, 2.05) is 6.07 Å². The van der Waals surface area contributed by atoms with E-state index in [1.165, 1.54) is 0 Å². The monoisotopic (exact) mass is 307 g/mol. The lowest BCUT2D eigenvalue weighted by atomic mass is 10.1. The Morgan fingerprint density at radius 3 is 2.67 bits per heavy atom. The Bertz CT molecular complexity index is 605. The Morgan fingerprint density at radius 1 is 1.38 bits per heavy atom. The minimum absolute atomic E-state index is 0.259. The van der Waals surface area contributed by atoms with Crippen molar-refractivity contribution in [1.29, 1.82) is 5.26 Å². The summed E-state index contributed by atoms with van der Waals surface area (Å²) >= 11 is 0. The normalized spacial score (nSPS) is 19.5. The molecule has 0 aromatic heterocycles. The molecule has 0 radical (unpaired) electrons. The van der Waals surface area contributed by atoms with Crippen molar-refractivity contribution in [3.8, 4) is 6.07 Å². The second kappa shape index (κ2) is 7.03. The highest BCUT2D eigenvalue weighted by Crippen LogP contribution is 2.16. The molecule has 114 valence electrons. The zero-order valence-electron chi connectivity index (χ0n) is 12.2. The maximum Gasteiger partial charge on any atom is 0.240 e. The van der Waals surface area contributed by atoms with Gasteiger partial charge in [0.2, 0.25) is 10.0 Å². The first-order valence-corrected chi connectivity index (χ1v) is 8.71. The summed E-state index contributed by atoms with van der Waals surface area (Å²) in [6, 6.07) is 8.53. The molecule has 21 heavy (non-hydrogen) atoms. The van der Waals surface area contributed by atoms with Crippen molar-refractivity contribution in [3.63, 3.8) is 0 Å². The van der Waals surface area contributed by atoms with Gasteiger partial charge in [-0.05, 0) is 43.1 Å². The second-order valence-corrected chi connectivity index (χ2v) is 7.15. The molecular weight excluding hydrogens is 286 g/mol. The van der Waals surface area contributed by atoms with Crippen LogP contribution in [0, 0.1) is 17.2 Å². The van der Waals surface area contributed by atoms with Gasteiger partial charge in [-0.25, -0.2) is 13.1 Å². The number of hydrogen-bond donors (Lipinski definition) is 1. The third-order valence-corrected chi connectivity index (χ3v) is 5.34. The lowest BCUT2D eigenvalue weighted by Gasteiger charge is -2.14. The first-order valence-electron chi connectivity index (χ1n) is 7.23. The number of nitrogens with zero attached hydrogens (tertiary/aromatic N) is 2. The summed E-state index contributed by atoms with van der Waals surface area (Å²) in [7, 11) is -3.46. The van der Waals surface area contributed by atoms with Crippen molar-refractivity contribution in [2.45, 2.75) is 24.7 Å². The Kier molecular flexibility index (Phi) is 5.34. The molecule has 5 nitrogen and oxygen atoms in total. The van der Waals surface area contributed by atoms with Crippen molar-refractivity contribution >= 4 is 10.0 Å². The fourth-order valence-electron chi connectivity index (χ4n) is 2.56. The molecule has 1 aliphatic rings. The number of benzene rings is 1. The molecule has 0 bridgehead atoms. The molecule has 1 aromatic rings. The van der Waals surface area contributed by atoms with Crippen LogP contribution in [0.4, 0.5) is 0 Å². The molecule has 1 saturated heterocycles. The lowest BCUT2D eigenvalue weighted by Crippen LogP contribution is -2.31. The predicted octanol–water partition coefficient (Wildman–Crippen LogP) is 1.37. The van der Waals surface area contributed by atoms with E-state index < -0.39 is 10.0 Å². The smallest absolute Gasteiger partial charge is 0.240 e. The average molecular weight is 307 g/mol. The first-order chi connectivity index (χ1) is 10.0. The molecule has 1 fully saturated rings. The Hall–Kier alpha value is -1.42. The Balaban J connectivity index is 1.94. The zero-order valence-corrected chi connectivity index (χ0v) is 13.1. The maximum atomic E-state index is 12.2. The number of rotatable bonds is 6. The molecule has 1 heterocycles. The first kappa shape index (κ1) is 16.0. The predicted molar refractivity (Wildman–Crippen MR) is 81.2 cm³/mol. The van der Waals surface area contributed by atoms with Gasteiger partial charge in [0.05, 0.1) is 17.4 Å². The van der Waals surface area contributed by atoms with Crippen LogP contribution in [0.25, 0.3) is 0 Å². The van der Waals surface area contributed by atoms with E-state index in [0.29, 0.717) is 18.9 Å². The number of nitrogens with one attached hydrogen (secondary N) is 1.